The Morgan fingerprint density at radius 3 is 2.52 bits per heavy atom. The second-order valence-electron chi connectivity index (χ2n) is 7.96. The van der Waals surface area contributed by atoms with Crippen molar-refractivity contribution >= 4 is 34.8 Å². The van der Waals surface area contributed by atoms with Crippen LogP contribution in [0.1, 0.15) is 37.8 Å². The Morgan fingerprint density at radius 1 is 1.17 bits per heavy atom. The minimum absolute atomic E-state index is 0.0831. The molecule has 3 rings (SSSR count). The third kappa shape index (κ3) is 5.06. The number of ether oxygens (including phenoxy) is 2. The third-order valence-corrected chi connectivity index (χ3v) is 5.78. The maximum absolute atomic E-state index is 13.4. The fourth-order valence-electron chi connectivity index (χ4n) is 3.61. The van der Waals surface area contributed by atoms with Gasteiger partial charge >= 0.3 is 0 Å². The summed E-state index contributed by atoms with van der Waals surface area (Å²) in [7, 11) is 0. The van der Waals surface area contributed by atoms with Gasteiger partial charge in [-0.3, -0.25) is 4.79 Å². The number of rotatable bonds is 6. The van der Waals surface area contributed by atoms with E-state index < -0.39 is 5.41 Å². The van der Waals surface area contributed by atoms with Gasteiger partial charge in [0.05, 0.1) is 12.0 Å². The molecule has 1 heterocycles. The number of amides is 1. The average Bonchev–Trinajstić information content (AvgIpc) is 2.67. The lowest BCUT2D eigenvalue weighted by atomic mass is 9.73. The maximum Gasteiger partial charge on any atom is 0.235 e. The van der Waals surface area contributed by atoms with Crippen molar-refractivity contribution in [1.29, 1.82) is 0 Å². The van der Waals surface area contributed by atoms with E-state index in [1.807, 2.05) is 31.2 Å². The lowest BCUT2D eigenvalue weighted by Crippen LogP contribution is -2.45. The van der Waals surface area contributed by atoms with E-state index in [4.69, 9.17) is 32.7 Å². The van der Waals surface area contributed by atoms with Crippen LogP contribution < -0.4 is 10.1 Å². The number of halogens is 2. The standard InChI is InChI=1S/C23H27Cl2NO3/c1-15(2)14-29-21-7-5-18(12-16(21)3)26-22(27)23(8-10-28-11-9-23)19-6-4-17(24)13-20(19)25/h4-7,12-13,15H,8-11,14H2,1-3H3,(H,26,27). The highest BCUT2D eigenvalue weighted by molar-refractivity contribution is 6.35. The quantitative estimate of drug-likeness (QED) is 0.602. The SMILES string of the molecule is Cc1cc(NC(=O)C2(c3ccc(Cl)cc3Cl)CCOCC2)ccc1OCC(C)C. The summed E-state index contributed by atoms with van der Waals surface area (Å²) in [5, 5.41) is 4.14. The molecule has 1 saturated heterocycles. The zero-order valence-corrected chi connectivity index (χ0v) is 18.6. The van der Waals surface area contributed by atoms with Crippen LogP contribution in [0.4, 0.5) is 5.69 Å². The Bertz CT molecular complexity index is 876. The van der Waals surface area contributed by atoms with Gasteiger partial charge in [-0.15, -0.1) is 0 Å². The van der Waals surface area contributed by atoms with Crippen LogP contribution in [0, 0.1) is 12.8 Å². The molecule has 1 fully saturated rings. The first kappa shape index (κ1) is 21.9. The number of carbonyl (C=O) groups excluding carboxylic acids is 1. The molecule has 1 amide bonds. The molecule has 0 atom stereocenters. The number of aryl methyl sites for hydroxylation is 1. The molecule has 156 valence electrons. The Hall–Kier alpha value is -1.75. The molecule has 29 heavy (non-hydrogen) atoms. The predicted octanol–water partition coefficient (Wildman–Crippen LogP) is 6.02. The summed E-state index contributed by atoms with van der Waals surface area (Å²) in [5.74, 6) is 1.20. The van der Waals surface area contributed by atoms with Gasteiger partial charge in [0, 0.05) is 28.9 Å². The van der Waals surface area contributed by atoms with Gasteiger partial charge in [0.1, 0.15) is 5.75 Å². The van der Waals surface area contributed by atoms with Gasteiger partial charge in [0.15, 0.2) is 0 Å². The summed E-state index contributed by atoms with van der Waals surface area (Å²) in [5.41, 5.74) is 1.76. The van der Waals surface area contributed by atoms with E-state index in [-0.39, 0.29) is 5.91 Å². The Labute approximate surface area is 182 Å². The molecule has 0 radical (unpaired) electrons. The Kier molecular flexibility index (Phi) is 7.10. The van der Waals surface area contributed by atoms with Gasteiger partial charge < -0.3 is 14.8 Å². The molecule has 1 N–H and O–H groups in total. The summed E-state index contributed by atoms with van der Waals surface area (Å²) in [6.07, 6.45) is 1.13. The molecule has 0 unspecified atom stereocenters. The number of benzene rings is 2. The van der Waals surface area contributed by atoms with Gasteiger partial charge in [-0.05, 0) is 67.1 Å². The number of hydrogen-bond acceptors (Lipinski definition) is 3. The predicted molar refractivity (Wildman–Crippen MR) is 118 cm³/mol. The Balaban J connectivity index is 1.85. The molecule has 0 aliphatic carbocycles. The number of carbonyl (C=O) groups is 1. The highest BCUT2D eigenvalue weighted by Crippen LogP contribution is 2.40. The third-order valence-electron chi connectivity index (χ3n) is 5.23. The van der Waals surface area contributed by atoms with Crippen molar-refractivity contribution in [1.82, 2.24) is 0 Å². The lowest BCUT2D eigenvalue weighted by molar-refractivity contribution is -0.125. The first-order valence-corrected chi connectivity index (χ1v) is 10.7. The highest BCUT2D eigenvalue weighted by atomic mass is 35.5. The van der Waals surface area contributed by atoms with Crippen molar-refractivity contribution < 1.29 is 14.3 Å². The molecule has 2 aromatic rings. The smallest absolute Gasteiger partial charge is 0.235 e. The number of anilines is 1. The van der Waals surface area contributed by atoms with Crippen molar-refractivity contribution in [3.63, 3.8) is 0 Å². The minimum atomic E-state index is -0.749. The van der Waals surface area contributed by atoms with Gasteiger partial charge in [-0.1, -0.05) is 43.1 Å². The highest BCUT2D eigenvalue weighted by Gasteiger charge is 2.43. The van der Waals surface area contributed by atoms with E-state index in [0.29, 0.717) is 48.6 Å². The molecule has 1 aliphatic rings. The number of nitrogens with one attached hydrogen (secondary N) is 1. The van der Waals surface area contributed by atoms with E-state index in [1.54, 1.807) is 12.1 Å². The Morgan fingerprint density at radius 2 is 1.90 bits per heavy atom. The summed E-state index contributed by atoms with van der Waals surface area (Å²) in [6.45, 7) is 7.87. The van der Waals surface area contributed by atoms with Crippen LogP contribution in [-0.4, -0.2) is 25.7 Å². The molecule has 0 bridgehead atoms. The summed E-state index contributed by atoms with van der Waals surface area (Å²) >= 11 is 12.6. The average molecular weight is 436 g/mol. The molecule has 0 saturated carbocycles. The van der Waals surface area contributed by atoms with Crippen molar-refractivity contribution in [3.8, 4) is 5.75 Å². The van der Waals surface area contributed by atoms with Gasteiger partial charge in [0.25, 0.3) is 0 Å². The van der Waals surface area contributed by atoms with Crippen LogP contribution in [0.15, 0.2) is 36.4 Å². The first-order chi connectivity index (χ1) is 13.8. The second-order valence-corrected chi connectivity index (χ2v) is 8.80. The molecular formula is C23H27Cl2NO3. The maximum atomic E-state index is 13.4. The fraction of sp³-hybridized carbons (Fsp3) is 0.435. The van der Waals surface area contributed by atoms with E-state index in [1.165, 1.54) is 0 Å². The van der Waals surface area contributed by atoms with Crippen LogP contribution in [0.5, 0.6) is 5.75 Å². The lowest BCUT2D eigenvalue weighted by Gasteiger charge is -2.37. The molecule has 0 spiro atoms. The van der Waals surface area contributed by atoms with Crippen molar-refractivity contribution in [2.75, 3.05) is 25.1 Å². The van der Waals surface area contributed by atoms with E-state index in [0.717, 1.165) is 22.6 Å². The summed E-state index contributed by atoms with van der Waals surface area (Å²) < 4.78 is 11.4. The van der Waals surface area contributed by atoms with Crippen LogP contribution in [0.25, 0.3) is 0 Å². The zero-order chi connectivity index (χ0) is 21.0. The van der Waals surface area contributed by atoms with Gasteiger partial charge in [-0.25, -0.2) is 0 Å². The molecule has 1 aliphatic heterocycles. The second kappa shape index (κ2) is 9.38. The number of hydrogen-bond donors (Lipinski definition) is 1. The normalized spacial score (nSPS) is 15.9. The van der Waals surface area contributed by atoms with Crippen molar-refractivity contribution in [2.24, 2.45) is 5.92 Å². The zero-order valence-electron chi connectivity index (χ0n) is 17.1. The van der Waals surface area contributed by atoms with Crippen LogP contribution >= 0.6 is 23.2 Å². The molecule has 6 heteroatoms. The topological polar surface area (TPSA) is 47.6 Å². The van der Waals surface area contributed by atoms with E-state index in [9.17, 15) is 4.79 Å². The van der Waals surface area contributed by atoms with Crippen LogP contribution in [0.3, 0.4) is 0 Å². The molecular weight excluding hydrogens is 409 g/mol. The molecule has 4 nitrogen and oxygen atoms in total. The fourth-order valence-corrected chi connectivity index (χ4v) is 4.20. The molecule has 2 aromatic carbocycles. The van der Waals surface area contributed by atoms with E-state index >= 15 is 0 Å². The monoisotopic (exact) mass is 435 g/mol. The van der Waals surface area contributed by atoms with Crippen molar-refractivity contribution in [3.05, 3.63) is 57.6 Å². The first-order valence-electron chi connectivity index (χ1n) is 9.90. The van der Waals surface area contributed by atoms with Crippen LogP contribution in [-0.2, 0) is 14.9 Å². The van der Waals surface area contributed by atoms with E-state index in [2.05, 4.69) is 19.2 Å². The van der Waals surface area contributed by atoms with Crippen LogP contribution in [0.2, 0.25) is 10.0 Å². The van der Waals surface area contributed by atoms with Gasteiger partial charge in [-0.2, -0.15) is 0 Å². The largest absolute Gasteiger partial charge is 0.493 e. The van der Waals surface area contributed by atoms with Crippen molar-refractivity contribution in [2.45, 2.75) is 39.0 Å². The summed E-state index contributed by atoms with van der Waals surface area (Å²) in [6, 6.07) is 11.0. The minimum Gasteiger partial charge on any atom is -0.493 e. The molecule has 0 aromatic heterocycles. The van der Waals surface area contributed by atoms with Gasteiger partial charge in [0.2, 0.25) is 5.91 Å². The summed E-state index contributed by atoms with van der Waals surface area (Å²) in [4.78, 5) is 13.4.